The molecule has 3 aromatic heterocycles. The summed E-state index contributed by atoms with van der Waals surface area (Å²) >= 11 is 0. The van der Waals surface area contributed by atoms with Gasteiger partial charge in [-0.2, -0.15) is 5.10 Å². The zero-order valence-corrected chi connectivity index (χ0v) is 15.9. The largest absolute Gasteiger partial charge is 0.354 e. The van der Waals surface area contributed by atoms with Crippen molar-refractivity contribution in [2.24, 2.45) is 0 Å². The van der Waals surface area contributed by atoms with Crippen molar-refractivity contribution in [2.75, 3.05) is 18.0 Å². The number of hydrogen-bond acceptors (Lipinski definition) is 6. The van der Waals surface area contributed by atoms with Crippen LogP contribution in [0.2, 0.25) is 0 Å². The number of H-pyrrole nitrogens is 1. The van der Waals surface area contributed by atoms with Crippen molar-refractivity contribution in [2.45, 2.75) is 38.0 Å². The fourth-order valence-corrected chi connectivity index (χ4v) is 4.58. The summed E-state index contributed by atoms with van der Waals surface area (Å²) in [6, 6.07) is 7.81. The van der Waals surface area contributed by atoms with E-state index in [1.54, 1.807) is 12.4 Å². The first-order valence-electron chi connectivity index (χ1n) is 9.74. The number of anilines is 1. The Morgan fingerprint density at radius 2 is 2.11 bits per heavy atom. The lowest BCUT2D eigenvalue weighted by atomic mass is 9.77. The Labute approximate surface area is 162 Å². The molecule has 1 saturated heterocycles. The van der Waals surface area contributed by atoms with Crippen molar-refractivity contribution in [3.05, 3.63) is 64.0 Å². The van der Waals surface area contributed by atoms with E-state index < -0.39 is 0 Å². The molecule has 0 radical (unpaired) electrons. The van der Waals surface area contributed by atoms with Crippen molar-refractivity contribution >= 4 is 5.82 Å². The molecule has 1 aliphatic carbocycles. The minimum Gasteiger partial charge on any atom is -0.354 e. The van der Waals surface area contributed by atoms with E-state index in [0.717, 1.165) is 67.1 Å². The molecule has 7 heteroatoms. The number of fused-ring (bicyclic) bond motifs is 2. The van der Waals surface area contributed by atoms with E-state index in [9.17, 15) is 4.79 Å². The van der Waals surface area contributed by atoms with Crippen LogP contribution in [-0.4, -0.2) is 38.2 Å². The first-order chi connectivity index (χ1) is 13.6. The fourth-order valence-electron chi connectivity index (χ4n) is 4.58. The lowest BCUT2D eigenvalue weighted by Gasteiger charge is -2.41. The molecule has 1 N–H and O–H groups in total. The van der Waals surface area contributed by atoms with Crippen LogP contribution < -0.4 is 10.5 Å². The molecule has 0 amide bonds. The highest BCUT2D eigenvalue weighted by Crippen LogP contribution is 2.44. The van der Waals surface area contributed by atoms with E-state index in [1.165, 1.54) is 0 Å². The maximum absolute atomic E-state index is 12.8. The molecule has 5 rings (SSSR count). The van der Waals surface area contributed by atoms with E-state index in [1.807, 2.05) is 31.2 Å². The van der Waals surface area contributed by atoms with Gasteiger partial charge in [0.1, 0.15) is 5.82 Å². The molecule has 1 fully saturated rings. The molecule has 3 aromatic rings. The van der Waals surface area contributed by atoms with E-state index in [-0.39, 0.29) is 11.0 Å². The Balaban J connectivity index is 1.55. The van der Waals surface area contributed by atoms with Crippen LogP contribution in [0.5, 0.6) is 0 Å². The van der Waals surface area contributed by atoms with Crippen molar-refractivity contribution < 1.29 is 0 Å². The minimum atomic E-state index is -0.106. The predicted molar refractivity (Wildman–Crippen MR) is 106 cm³/mol. The van der Waals surface area contributed by atoms with Gasteiger partial charge in [-0.1, -0.05) is 0 Å². The lowest BCUT2D eigenvalue weighted by molar-refractivity contribution is 0.333. The molecule has 1 spiro atoms. The monoisotopic (exact) mass is 374 g/mol. The average Bonchev–Trinajstić information content (AvgIpc) is 3.07. The van der Waals surface area contributed by atoms with Crippen LogP contribution in [0.1, 0.15) is 36.2 Å². The van der Waals surface area contributed by atoms with Gasteiger partial charge in [0, 0.05) is 42.0 Å². The molecule has 4 heterocycles. The Morgan fingerprint density at radius 3 is 2.89 bits per heavy atom. The standard InChI is InChI=1S/C21H22N6O/c1-14-5-6-17(26-25-14)27-11-3-8-21(13-27)9-7-16-18(21)23-19(24-20(16)28)15-4-2-10-22-12-15/h2,4-6,10,12H,3,7-9,11,13H2,1H3,(H,23,24,28). The second kappa shape index (κ2) is 6.51. The Kier molecular flexibility index (Phi) is 3.96. The molecular weight excluding hydrogens is 352 g/mol. The van der Waals surface area contributed by atoms with Crippen LogP contribution in [0.4, 0.5) is 5.82 Å². The van der Waals surface area contributed by atoms with Crippen LogP contribution in [0.3, 0.4) is 0 Å². The summed E-state index contributed by atoms with van der Waals surface area (Å²) in [5.74, 6) is 1.50. The summed E-state index contributed by atoms with van der Waals surface area (Å²) in [6.07, 6.45) is 7.27. The van der Waals surface area contributed by atoms with Crippen molar-refractivity contribution in [1.29, 1.82) is 0 Å². The van der Waals surface area contributed by atoms with E-state index >= 15 is 0 Å². The highest BCUT2D eigenvalue weighted by molar-refractivity contribution is 5.54. The minimum absolute atomic E-state index is 0.0204. The number of nitrogens with one attached hydrogen (secondary N) is 1. The average molecular weight is 374 g/mol. The molecule has 2 aliphatic rings. The SMILES string of the molecule is Cc1ccc(N2CCCC3(CCc4c3nc(-c3cccnc3)[nH]c4=O)C2)nn1. The number of hydrogen-bond donors (Lipinski definition) is 1. The first-order valence-corrected chi connectivity index (χ1v) is 9.74. The number of aryl methyl sites for hydroxylation is 1. The van der Waals surface area contributed by atoms with Gasteiger partial charge in [0.25, 0.3) is 5.56 Å². The van der Waals surface area contributed by atoms with Gasteiger partial charge in [-0.05, 0) is 56.9 Å². The van der Waals surface area contributed by atoms with Crippen LogP contribution in [-0.2, 0) is 11.8 Å². The van der Waals surface area contributed by atoms with Crippen molar-refractivity contribution in [3.63, 3.8) is 0 Å². The molecule has 0 bridgehead atoms. The third-order valence-electron chi connectivity index (χ3n) is 5.99. The third-order valence-corrected chi connectivity index (χ3v) is 5.99. The first kappa shape index (κ1) is 17.0. The topological polar surface area (TPSA) is 87.7 Å². The Bertz CT molecular complexity index is 1060. The molecule has 1 unspecified atom stereocenters. The molecule has 1 aliphatic heterocycles. The van der Waals surface area contributed by atoms with Crippen molar-refractivity contribution in [3.8, 4) is 11.4 Å². The molecule has 7 nitrogen and oxygen atoms in total. The second-order valence-electron chi connectivity index (χ2n) is 7.82. The summed E-state index contributed by atoms with van der Waals surface area (Å²) < 4.78 is 0. The maximum atomic E-state index is 12.8. The summed E-state index contributed by atoms with van der Waals surface area (Å²) in [6.45, 7) is 3.71. The number of rotatable bonds is 2. The van der Waals surface area contributed by atoms with Gasteiger partial charge in [0.2, 0.25) is 0 Å². The summed E-state index contributed by atoms with van der Waals surface area (Å²) in [4.78, 5) is 27.1. The van der Waals surface area contributed by atoms with Gasteiger partial charge in [-0.15, -0.1) is 5.10 Å². The van der Waals surface area contributed by atoms with Gasteiger partial charge in [0.15, 0.2) is 5.82 Å². The summed E-state index contributed by atoms with van der Waals surface area (Å²) in [7, 11) is 0. The van der Waals surface area contributed by atoms with E-state index in [0.29, 0.717) is 5.82 Å². The van der Waals surface area contributed by atoms with Crippen LogP contribution in [0.25, 0.3) is 11.4 Å². The molecule has 1 atom stereocenters. The highest BCUT2D eigenvalue weighted by atomic mass is 16.1. The predicted octanol–water partition coefficient (Wildman–Crippen LogP) is 2.41. The number of aromatic amines is 1. The molecule has 0 aromatic carbocycles. The van der Waals surface area contributed by atoms with E-state index in [4.69, 9.17) is 4.98 Å². The van der Waals surface area contributed by atoms with E-state index in [2.05, 4.69) is 25.1 Å². The number of nitrogens with zero attached hydrogens (tertiary/aromatic N) is 5. The number of piperidine rings is 1. The van der Waals surface area contributed by atoms with Gasteiger partial charge in [-0.3, -0.25) is 9.78 Å². The molecule has 28 heavy (non-hydrogen) atoms. The van der Waals surface area contributed by atoms with Crippen LogP contribution >= 0.6 is 0 Å². The van der Waals surface area contributed by atoms with Crippen LogP contribution in [0.15, 0.2) is 41.5 Å². The molecule has 0 saturated carbocycles. The Morgan fingerprint density at radius 1 is 1.18 bits per heavy atom. The second-order valence-corrected chi connectivity index (χ2v) is 7.82. The van der Waals surface area contributed by atoms with Gasteiger partial charge < -0.3 is 9.88 Å². The highest BCUT2D eigenvalue weighted by Gasteiger charge is 2.45. The summed E-state index contributed by atoms with van der Waals surface area (Å²) in [5, 5.41) is 8.59. The lowest BCUT2D eigenvalue weighted by Crippen LogP contribution is -2.46. The van der Waals surface area contributed by atoms with Crippen LogP contribution in [0, 0.1) is 6.92 Å². The number of aromatic nitrogens is 5. The zero-order valence-electron chi connectivity index (χ0n) is 15.9. The quantitative estimate of drug-likeness (QED) is 0.741. The van der Waals surface area contributed by atoms with Crippen molar-refractivity contribution in [1.82, 2.24) is 25.1 Å². The Hall–Kier alpha value is -3.09. The molecular formula is C21H22N6O. The maximum Gasteiger partial charge on any atom is 0.254 e. The van der Waals surface area contributed by atoms with Gasteiger partial charge in [0.05, 0.1) is 11.4 Å². The zero-order chi connectivity index (χ0) is 19.1. The van der Waals surface area contributed by atoms with Gasteiger partial charge in [-0.25, -0.2) is 4.98 Å². The summed E-state index contributed by atoms with van der Waals surface area (Å²) in [5.41, 5.74) is 3.42. The third kappa shape index (κ3) is 2.78. The number of pyridine rings is 1. The normalized spacial score (nSPS) is 21.1. The fraction of sp³-hybridized carbons (Fsp3) is 0.381. The van der Waals surface area contributed by atoms with Gasteiger partial charge >= 0.3 is 0 Å². The molecule has 142 valence electrons. The smallest absolute Gasteiger partial charge is 0.254 e.